The summed E-state index contributed by atoms with van der Waals surface area (Å²) in [5.74, 6) is -0.895. The Balaban J connectivity index is 1.72. The highest BCUT2D eigenvalue weighted by atomic mass is 35.5. The van der Waals surface area contributed by atoms with Crippen LogP contribution in [0.5, 0.6) is 0 Å². The molecule has 1 aliphatic rings. The van der Waals surface area contributed by atoms with E-state index in [1.807, 2.05) is 0 Å². The molecule has 1 fully saturated rings. The van der Waals surface area contributed by atoms with Gasteiger partial charge in [0.25, 0.3) is 5.91 Å². The minimum Gasteiger partial charge on any atom is -0.387 e. The fourth-order valence-electron chi connectivity index (χ4n) is 2.96. The molecule has 146 valence electrons. The van der Waals surface area contributed by atoms with Crippen molar-refractivity contribution in [1.82, 2.24) is 29.8 Å². The van der Waals surface area contributed by atoms with Gasteiger partial charge in [-0.05, 0) is 6.07 Å². The number of halogens is 1. The molecular formula is C16H16ClN7O4. The van der Waals surface area contributed by atoms with Crippen LogP contribution >= 0.6 is 11.6 Å². The highest BCUT2D eigenvalue weighted by molar-refractivity contribution is 6.30. The topological polar surface area (TPSA) is 161 Å². The third kappa shape index (κ3) is 2.94. The molecule has 4 atom stereocenters. The fourth-order valence-corrected chi connectivity index (χ4v) is 3.14. The zero-order valence-corrected chi connectivity index (χ0v) is 14.8. The summed E-state index contributed by atoms with van der Waals surface area (Å²) in [5, 5.41) is 22.8. The average Bonchev–Trinajstić information content (AvgIpc) is 3.22. The Morgan fingerprint density at radius 1 is 1.39 bits per heavy atom. The van der Waals surface area contributed by atoms with E-state index in [-0.39, 0.29) is 22.8 Å². The highest BCUT2D eigenvalue weighted by Crippen LogP contribution is 2.33. The van der Waals surface area contributed by atoms with Gasteiger partial charge in [0.2, 0.25) is 0 Å². The van der Waals surface area contributed by atoms with Crippen LogP contribution in [-0.4, -0.2) is 65.9 Å². The number of nitrogens with one attached hydrogen (secondary N) is 1. The number of anilines is 1. The van der Waals surface area contributed by atoms with E-state index in [4.69, 9.17) is 26.2 Å². The zero-order chi connectivity index (χ0) is 22.5. The van der Waals surface area contributed by atoms with Crippen LogP contribution in [0, 0.1) is 0 Å². The van der Waals surface area contributed by atoms with Gasteiger partial charge >= 0.3 is 0 Å². The van der Waals surface area contributed by atoms with Gasteiger partial charge in [0.1, 0.15) is 17.7 Å². The van der Waals surface area contributed by atoms with Gasteiger partial charge in [-0.15, -0.1) is 0 Å². The molecule has 0 saturated carbocycles. The Kier molecular flexibility index (Phi) is 3.75. The third-order valence-corrected chi connectivity index (χ3v) is 4.51. The number of aliphatic hydroxyl groups excluding tert-OH is 2. The van der Waals surface area contributed by atoms with Crippen LogP contribution in [0.4, 0.5) is 5.82 Å². The number of aliphatic hydroxyl groups is 2. The van der Waals surface area contributed by atoms with Crippen molar-refractivity contribution in [2.75, 3.05) is 12.7 Å². The second-order valence-corrected chi connectivity index (χ2v) is 6.50. The largest absolute Gasteiger partial charge is 0.387 e. The molecule has 11 nitrogen and oxygen atoms in total. The van der Waals surface area contributed by atoms with Crippen molar-refractivity contribution in [3.63, 3.8) is 0 Å². The highest BCUT2D eigenvalue weighted by Gasteiger charge is 2.47. The van der Waals surface area contributed by atoms with Gasteiger partial charge in [-0.25, -0.2) is 15.0 Å². The van der Waals surface area contributed by atoms with E-state index in [0.29, 0.717) is 10.6 Å². The summed E-state index contributed by atoms with van der Waals surface area (Å²) in [6.45, 7) is -2.79. The molecular weight excluding hydrogens is 390 g/mol. The number of amides is 1. The number of rotatable bonds is 3. The third-order valence-electron chi connectivity index (χ3n) is 4.31. The second kappa shape index (κ2) is 6.95. The van der Waals surface area contributed by atoms with Crippen molar-refractivity contribution >= 4 is 34.5 Å². The smallest absolute Gasteiger partial charge is 0.251 e. The van der Waals surface area contributed by atoms with Crippen molar-refractivity contribution in [3.05, 3.63) is 29.8 Å². The number of hydrogen-bond acceptors (Lipinski definition) is 9. The van der Waals surface area contributed by atoms with Crippen LogP contribution in [0.1, 0.15) is 10.3 Å². The molecule has 28 heavy (non-hydrogen) atoms. The predicted octanol–water partition coefficient (Wildman–Crippen LogP) is -0.511. The van der Waals surface area contributed by atoms with E-state index in [1.54, 1.807) is 11.4 Å². The van der Waals surface area contributed by atoms with Crippen molar-refractivity contribution in [2.24, 2.45) is 0 Å². The molecule has 1 saturated heterocycles. The van der Waals surface area contributed by atoms with Gasteiger partial charge in [0.15, 0.2) is 29.6 Å². The molecule has 5 N–H and O–H groups in total. The van der Waals surface area contributed by atoms with Crippen molar-refractivity contribution in [3.8, 4) is 11.4 Å². The normalized spacial score (nSPS) is 26.6. The summed E-state index contributed by atoms with van der Waals surface area (Å²) in [6, 6.07) is 1.58. The van der Waals surface area contributed by atoms with Crippen LogP contribution in [0.25, 0.3) is 22.6 Å². The Morgan fingerprint density at radius 3 is 2.96 bits per heavy atom. The monoisotopic (exact) mass is 408 g/mol. The van der Waals surface area contributed by atoms with Gasteiger partial charge < -0.3 is 26.0 Å². The van der Waals surface area contributed by atoms with E-state index in [2.05, 4.69) is 19.9 Å². The SMILES string of the molecule is [2H]C([2H])([2H])NC(=O)[C@H]1O[C@@H](n2cnc3c(N)nc(-c4cncc(Cl)c4)nc32)[C@H](O)[C@@H]1O. The van der Waals surface area contributed by atoms with E-state index in [0.717, 1.165) is 0 Å². The number of likely N-dealkylation sites (N-methyl/N-ethyl adjacent to an activating group) is 1. The number of fused-ring (bicyclic) bond motifs is 1. The number of pyridine rings is 1. The molecule has 1 amide bonds. The lowest BCUT2D eigenvalue weighted by molar-refractivity contribution is -0.137. The first-order valence-electron chi connectivity index (χ1n) is 9.50. The Labute approximate surface area is 167 Å². The summed E-state index contributed by atoms with van der Waals surface area (Å²) in [6.07, 6.45) is -2.04. The van der Waals surface area contributed by atoms with Gasteiger partial charge in [-0.1, -0.05) is 11.6 Å². The van der Waals surface area contributed by atoms with E-state index >= 15 is 0 Å². The second-order valence-electron chi connectivity index (χ2n) is 6.07. The van der Waals surface area contributed by atoms with Gasteiger partial charge in [-0.2, -0.15) is 0 Å². The first kappa shape index (κ1) is 15.1. The molecule has 0 unspecified atom stereocenters. The molecule has 3 aromatic heterocycles. The van der Waals surface area contributed by atoms with Crippen molar-refractivity contribution < 1.29 is 23.9 Å². The van der Waals surface area contributed by atoms with Crippen LogP contribution < -0.4 is 11.1 Å². The molecule has 1 aliphatic heterocycles. The lowest BCUT2D eigenvalue weighted by Crippen LogP contribution is -2.41. The summed E-state index contributed by atoms with van der Waals surface area (Å²) in [7, 11) is 0. The first-order chi connectivity index (χ1) is 14.5. The number of carbonyl (C=O) groups is 1. The van der Waals surface area contributed by atoms with Gasteiger partial charge in [-0.3, -0.25) is 14.3 Å². The number of imidazole rings is 1. The maximum absolute atomic E-state index is 12.2. The maximum Gasteiger partial charge on any atom is 0.251 e. The predicted molar refractivity (Wildman–Crippen MR) is 98.0 cm³/mol. The number of nitrogens with zero attached hydrogens (tertiary/aromatic N) is 5. The fraction of sp³-hybridized carbons (Fsp3) is 0.312. The van der Waals surface area contributed by atoms with Crippen LogP contribution in [0.15, 0.2) is 24.8 Å². The van der Waals surface area contributed by atoms with Crippen LogP contribution in [-0.2, 0) is 9.53 Å². The summed E-state index contributed by atoms with van der Waals surface area (Å²) >= 11 is 5.97. The molecule has 0 aromatic carbocycles. The number of nitrogen functional groups attached to an aromatic ring is 1. The standard InChI is InChI=1S/C16H16ClN7O4/c1-19-15(27)11-9(25)10(26)16(28-11)24-5-21-8-12(18)22-13(23-14(8)24)6-2-7(17)4-20-3-6/h2-5,9-11,16,25-26H,1H3,(H,19,27)(H2,18,22,23)/t9-,10+,11-,16+/m0/s1/i1D3. The Hall–Kier alpha value is -2.86. The van der Waals surface area contributed by atoms with Gasteiger partial charge in [0.05, 0.1) is 11.3 Å². The van der Waals surface area contributed by atoms with Crippen molar-refractivity contribution in [1.29, 1.82) is 0 Å². The Morgan fingerprint density at radius 2 is 2.21 bits per heavy atom. The van der Waals surface area contributed by atoms with E-state index in [1.165, 1.54) is 23.3 Å². The zero-order valence-electron chi connectivity index (χ0n) is 17.0. The van der Waals surface area contributed by atoms with Gasteiger partial charge in [0, 0.05) is 29.0 Å². The van der Waals surface area contributed by atoms with Crippen LogP contribution in [0.2, 0.25) is 5.02 Å². The number of hydrogen-bond donors (Lipinski definition) is 4. The number of aromatic nitrogens is 5. The molecule has 0 spiro atoms. The molecule has 4 rings (SSSR count). The number of carbonyl (C=O) groups excluding carboxylic acids is 1. The number of ether oxygens (including phenoxy) is 1. The quantitative estimate of drug-likeness (QED) is 0.447. The average molecular weight is 409 g/mol. The van der Waals surface area contributed by atoms with E-state index in [9.17, 15) is 15.0 Å². The summed E-state index contributed by atoms with van der Waals surface area (Å²) in [4.78, 5) is 28.8. The minimum atomic E-state index is -2.79. The number of nitrogens with two attached hydrogens (primary N) is 1. The lowest BCUT2D eigenvalue weighted by atomic mass is 10.1. The minimum absolute atomic E-state index is 0.0310. The molecule has 0 radical (unpaired) electrons. The lowest BCUT2D eigenvalue weighted by Gasteiger charge is -2.16. The Bertz CT molecular complexity index is 1160. The van der Waals surface area contributed by atoms with E-state index < -0.39 is 37.4 Å². The first-order valence-corrected chi connectivity index (χ1v) is 8.37. The molecule has 12 heteroatoms. The van der Waals surface area contributed by atoms with Crippen LogP contribution in [0.3, 0.4) is 0 Å². The molecule has 0 bridgehead atoms. The summed E-state index contributed by atoms with van der Waals surface area (Å²) in [5.41, 5.74) is 6.80. The summed E-state index contributed by atoms with van der Waals surface area (Å²) < 4.78 is 28.1. The molecule has 0 aliphatic carbocycles. The molecule has 3 aromatic rings. The molecule has 4 heterocycles. The van der Waals surface area contributed by atoms with Crippen molar-refractivity contribution in [2.45, 2.75) is 24.5 Å². The maximum atomic E-state index is 12.2.